The van der Waals surface area contributed by atoms with Gasteiger partial charge in [-0.3, -0.25) is 0 Å². The van der Waals surface area contributed by atoms with Crippen LogP contribution in [-0.2, 0) is 6.54 Å². The summed E-state index contributed by atoms with van der Waals surface area (Å²) in [6, 6.07) is 7.32. The van der Waals surface area contributed by atoms with E-state index < -0.39 is 0 Å². The summed E-state index contributed by atoms with van der Waals surface area (Å²) < 4.78 is 6.82. The van der Waals surface area contributed by atoms with Crippen LogP contribution in [0.5, 0.6) is 0 Å². The van der Waals surface area contributed by atoms with Crippen LogP contribution < -0.4 is 5.32 Å². The number of hydrogen-bond acceptors (Lipinski definition) is 4. The van der Waals surface area contributed by atoms with E-state index in [9.17, 15) is 4.79 Å². The predicted octanol–water partition coefficient (Wildman–Crippen LogP) is 3.53. The predicted molar refractivity (Wildman–Crippen MR) is 94.6 cm³/mol. The highest BCUT2D eigenvalue weighted by atomic mass is 16.3. The number of carbonyl (C=O) groups excluding carboxylic acids is 1. The molecular weight excluding hydrogens is 318 g/mol. The molecule has 0 radical (unpaired) electrons. The van der Waals surface area contributed by atoms with Gasteiger partial charge in [0.15, 0.2) is 5.82 Å². The van der Waals surface area contributed by atoms with Crippen LogP contribution in [0.25, 0.3) is 5.82 Å². The summed E-state index contributed by atoms with van der Waals surface area (Å²) >= 11 is 0. The van der Waals surface area contributed by atoms with E-state index in [-0.39, 0.29) is 6.03 Å². The van der Waals surface area contributed by atoms with Gasteiger partial charge in [-0.25, -0.2) is 14.5 Å². The highest BCUT2D eigenvalue weighted by molar-refractivity contribution is 5.89. The molecule has 0 aliphatic heterocycles. The Morgan fingerprint density at radius 1 is 1.32 bits per heavy atom. The molecule has 0 aliphatic rings. The summed E-state index contributed by atoms with van der Waals surface area (Å²) in [5, 5.41) is 7.27. The minimum absolute atomic E-state index is 0.177. The Bertz CT molecular complexity index is 837. The van der Waals surface area contributed by atoms with Gasteiger partial charge in [0.25, 0.3) is 0 Å². The Balaban J connectivity index is 1.68. The van der Waals surface area contributed by atoms with Gasteiger partial charge in [0.05, 0.1) is 36.6 Å². The highest BCUT2D eigenvalue weighted by Gasteiger charge is 2.13. The lowest BCUT2D eigenvalue weighted by atomic mass is 10.3. The molecule has 7 nitrogen and oxygen atoms in total. The molecule has 0 fully saturated rings. The Morgan fingerprint density at radius 2 is 2.16 bits per heavy atom. The molecular formula is C18H21N5O2. The van der Waals surface area contributed by atoms with E-state index in [2.05, 4.69) is 15.4 Å². The number of nitrogens with zero attached hydrogens (tertiary/aromatic N) is 4. The van der Waals surface area contributed by atoms with Gasteiger partial charge in [0, 0.05) is 17.8 Å². The fraction of sp³-hybridized carbons (Fsp3) is 0.278. The number of carbonyl (C=O) groups is 1. The normalized spacial score (nSPS) is 10.7. The zero-order chi connectivity index (χ0) is 17.8. The number of urea groups is 1. The van der Waals surface area contributed by atoms with Crippen molar-refractivity contribution >= 4 is 11.7 Å². The number of anilines is 1. The van der Waals surface area contributed by atoms with Crippen LogP contribution in [0.1, 0.15) is 23.9 Å². The van der Waals surface area contributed by atoms with Crippen molar-refractivity contribution in [2.45, 2.75) is 27.3 Å². The highest BCUT2D eigenvalue weighted by Crippen LogP contribution is 2.14. The molecule has 3 rings (SSSR count). The first-order valence-corrected chi connectivity index (χ1v) is 8.13. The number of nitrogens with one attached hydrogen (secondary N) is 1. The molecule has 130 valence electrons. The molecule has 25 heavy (non-hydrogen) atoms. The van der Waals surface area contributed by atoms with E-state index in [0.29, 0.717) is 24.6 Å². The van der Waals surface area contributed by atoms with Crippen molar-refractivity contribution in [3.8, 4) is 5.82 Å². The van der Waals surface area contributed by atoms with Crippen molar-refractivity contribution in [2.24, 2.45) is 0 Å². The van der Waals surface area contributed by atoms with Crippen molar-refractivity contribution in [3.63, 3.8) is 0 Å². The third-order valence-corrected chi connectivity index (χ3v) is 3.85. The largest absolute Gasteiger partial charge is 0.472 e. The lowest BCUT2D eigenvalue weighted by Gasteiger charge is -2.20. The third kappa shape index (κ3) is 3.88. The summed E-state index contributed by atoms with van der Waals surface area (Å²) in [7, 11) is 0. The third-order valence-electron chi connectivity index (χ3n) is 3.85. The standard InChI is InChI=1S/C18H21N5O2/c1-4-22(11-15-7-8-25-12-15)18(24)20-16-5-6-17(19-10-16)23-14(3)9-13(2)21-23/h5-10,12H,4,11H2,1-3H3,(H,20,24). The van der Waals surface area contributed by atoms with Gasteiger partial charge >= 0.3 is 6.03 Å². The SMILES string of the molecule is CCN(Cc1ccoc1)C(=O)Nc1ccc(-n2nc(C)cc2C)nc1. The number of rotatable bonds is 5. The fourth-order valence-corrected chi connectivity index (χ4v) is 2.58. The quantitative estimate of drug-likeness (QED) is 0.771. The zero-order valence-electron chi connectivity index (χ0n) is 14.6. The van der Waals surface area contributed by atoms with Crippen molar-refractivity contribution < 1.29 is 9.21 Å². The van der Waals surface area contributed by atoms with E-state index >= 15 is 0 Å². The van der Waals surface area contributed by atoms with Gasteiger partial charge < -0.3 is 14.6 Å². The number of aryl methyl sites for hydroxylation is 2. The molecule has 0 saturated heterocycles. The molecule has 0 spiro atoms. The second-order valence-corrected chi connectivity index (χ2v) is 5.82. The van der Waals surface area contributed by atoms with Crippen molar-refractivity contribution in [1.29, 1.82) is 0 Å². The summed E-state index contributed by atoms with van der Waals surface area (Å²) in [6.07, 6.45) is 4.87. The van der Waals surface area contributed by atoms with Crippen LogP contribution in [0.2, 0.25) is 0 Å². The summed E-state index contributed by atoms with van der Waals surface area (Å²) in [5.41, 5.74) is 3.55. The molecule has 1 N–H and O–H groups in total. The fourth-order valence-electron chi connectivity index (χ4n) is 2.58. The van der Waals surface area contributed by atoms with Gasteiger partial charge in [0.2, 0.25) is 0 Å². The zero-order valence-corrected chi connectivity index (χ0v) is 14.6. The first-order valence-electron chi connectivity index (χ1n) is 8.13. The Hall–Kier alpha value is -3.09. The van der Waals surface area contributed by atoms with E-state index in [1.54, 1.807) is 28.3 Å². The molecule has 0 bridgehead atoms. The second kappa shape index (κ2) is 7.21. The van der Waals surface area contributed by atoms with Gasteiger partial charge in [-0.15, -0.1) is 0 Å². The topological polar surface area (TPSA) is 76.2 Å². The van der Waals surface area contributed by atoms with E-state index in [1.807, 2.05) is 45.0 Å². The van der Waals surface area contributed by atoms with Crippen LogP contribution in [-0.4, -0.2) is 32.2 Å². The van der Waals surface area contributed by atoms with Crippen molar-refractivity contribution in [2.75, 3.05) is 11.9 Å². The number of hydrogen-bond donors (Lipinski definition) is 1. The average Bonchev–Trinajstić information content (AvgIpc) is 3.22. The number of amides is 2. The Kier molecular flexibility index (Phi) is 4.83. The lowest BCUT2D eigenvalue weighted by molar-refractivity contribution is 0.212. The van der Waals surface area contributed by atoms with Crippen LogP contribution in [0, 0.1) is 13.8 Å². The molecule has 0 aromatic carbocycles. The summed E-state index contributed by atoms with van der Waals surface area (Å²) in [5.74, 6) is 0.717. The van der Waals surface area contributed by atoms with Crippen molar-refractivity contribution in [3.05, 3.63) is 59.9 Å². The van der Waals surface area contributed by atoms with Gasteiger partial charge in [-0.1, -0.05) is 0 Å². The van der Waals surface area contributed by atoms with E-state index in [4.69, 9.17) is 4.42 Å². The van der Waals surface area contributed by atoms with Gasteiger partial charge in [-0.2, -0.15) is 5.10 Å². The minimum atomic E-state index is -0.177. The molecule has 7 heteroatoms. The maximum absolute atomic E-state index is 12.4. The molecule has 0 atom stereocenters. The number of furan rings is 1. The Morgan fingerprint density at radius 3 is 2.72 bits per heavy atom. The monoisotopic (exact) mass is 339 g/mol. The number of aromatic nitrogens is 3. The molecule has 0 aliphatic carbocycles. The van der Waals surface area contributed by atoms with Crippen LogP contribution in [0.4, 0.5) is 10.5 Å². The van der Waals surface area contributed by atoms with Crippen LogP contribution in [0.3, 0.4) is 0 Å². The molecule has 3 aromatic rings. The average molecular weight is 339 g/mol. The molecule has 0 saturated carbocycles. The van der Waals surface area contributed by atoms with Crippen LogP contribution >= 0.6 is 0 Å². The Labute approximate surface area is 146 Å². The molecule has 3 aromatic heterocycles. The molecule has 2 amide bonds. The maximum Gasteiger partial charge on any atom is 0.322 e. The van der Waals surface area contributed by atoms with E-state index in [1.165, 1.54) is 0 Å². The van der Waals surface area contributed by atoms with Crippen molar-refractivity contribution in [1.82, 2.24) is 19.7 Å². The smallest absolute Gasteiger partial charge is 0.322 e. The van der Waals surface area contributed by atoms with Gasteiger partial charge in [0.1, 0.15) is 0 Å². The summed E-state index contributed by atoms with van der Waals surface area (Å²) in [4.78, 5) is 18.5. The lowest BCUT2D eigenvalue weighted by Crippen LogP contribution is -2.34. The second-order valence-electron chi connectivity index (χ2n) is 5.82. The first kappa shape index (κ1) is 16.8. The summed E-state index contributed by atoms with van der Waals surface area (Å²) in [6.45, 7) is 6.94. The van der Waals surface area contributed by atoms with Crippen LogP contribution in [0.15, 0.2) is 47.4 Å². The van der Waals surface area contributed by atoms with Gasteiger partial charge in [-0.05, 0) is 45.0 Å². The first-order chi connectivity index (χ1) is 12.1. The number of pyridine rings is 1. The van der Waals surface area contributed by atoms with E-state index in [0.717, 1.165) is 17.0 Å². The molecule has 0 unspecified atom stereocenters. The molecule has 3 heterocycles. The minimum Gasteiger partial charge on any atom is -0.472 e. The maximum atomic E-state index is 12.4.